The third kappa shape index (κ3) is 3.01. The molecule has 0 radical (unpaired) electrons. The normalized spacial score (nSPS) is 24.9. The van der Waals surface area contributed by atoms with Crippen molar-refractivity contribution in [2.45, 2.75) is 12.8 Å². The Morgan fingerprint density at radius 2 is 2.24 bits per heavy atom. The molecule has 2 aliphatic rings. The molecule has 1 fully saturated rings. The van der Waals surface area contributed by atoms with E-state index >= 15 is 0 Å². The van der Waals surface area contributed by atoms with E-state index < -0.39 is 0 Å². The highest BCUT2D eigenvalue weighted by molar-refractivity contribution is 6.30. The summed E-state index contributed by atoms with van der Waals surface area (Å²) in [7, 11) is 0. The number of nitrogens with two attached hydrogens (primary N) is 1. The highest BCUT2D eigenvalue weighted by Gasteiger charge is 2.40. The summed E-state index contributed by atoms with van der Waals surface area (Å²) in [6.45, 7) is 0. The second-order valence-electron chi connectivity index (χ2n) is 4.33. The highest BCUT2D eigenvalue weighted by Crippen LogP contribution is 2.52. The summed E-state index contributed by atoms with van der Waals surface area (Å²) in [6, 6.07) is 8.18. The van der Waals surface area contributed by atoms with Gasteiger partial charge in [0.2, 0.25) is 0 Å². The van der Waals surface area contributed by atoms with Crippen LogP contribution >= 0.6 is 11.6 Å². The zero-order chi connectivity index (χ0) is 12.3. The van der Waals surface area contributed by atoms with E-state index in [0.717, 1.165) is 23.2 Å². The topological polar surface area (TPSA) is 58.6 Å². The van der Waals surface area contributed by atoms with Crippen molar-refractivity contribution in [3.8, 4) is 0 Å². The van der Waals surface area contributed by atoms with Gasteiger partial charge in [-0.1, -0.05) is 35.0 Å². The van der Waals surface area contributed by atoms with Gasteiger partial charge >= 0.3 is 0 Å². The quantitative estimate of drug-likeness (QED) is 0.348. The second kappa shape index (κ2) is 5.23. The third-order valence-electron chi connectivity index (χ3n) is 3.14. The van der Waals surface area contributed by atoms with Crippen molar-refractivity contribution in [2.24, 2.45) is 22.7 Å². The molecule has 1 saturated carbocycles. The maximum atomic E-state index is 7.32. The lowest BCUT2D eigenvalue weighted by Gasteiger charge is -2.03. The Bertz CT molecular complexity index is 452. The fourth-order valence-electron chi connectivity index (χ4n) is 2.22. The van der Waals surface area contributed by atoms with Crippen LogP contribution in [0.15, 0.2) is 35.5 Å². The van der Waals surface area contributed by atoms with Gasteiger partial charge in [0, 0.05) is 5.02 Å². The van der Waals surface area contributed by atoms with E-state index in [-0.39, 0.29) is 0 Å². The standard InChI is InChI=1S/C12H11Cl.CH4N2O/c13-12-3-1-2-8(7-12)9-4-10-6-11(10)5-9;2-1-3-4/h1-4,7,10-11H,5-6H2;1,4H,(H2,2,3). The van der Waals surface area contributed by atoms with E-state index in [1.165, 1.54) is 24.0 Å². The van der Waals surface area contributed by atoms with Crippen molar-refractivity contribution in [1.82, 2.24) is 0 Å². The van der Waals surface area contributed by atoms with Crippen molar-refractivity contribution in [3.05, 3.63) is 40.9 Å². The number of nitrogens with zero attached hydrogens (tertiary/aromatic N) is 1. The molecule has 0 spiro atoms. The number of halogens is 1. The maximum Gasteiger partial charge on any atom is 0.125 e. The van der Waals surface area contributed by atoms with Crippen molar-refractivity contribution >= 4 is 23.5 Å². The number of allylic oxidation sites excluding steroid dienone is 2. The number of rotatable bonds is 1. The molecule has 1 aromatic carbocycles. The van der Waals surface area contributed by atoms with Gasteiger partial charge in [-0.2, -0.15) is 0 Å². The second-order valence-corrected chi connectivity index (χ2v) is 4.77. The number of benzene rings is 1. The maximum absolute atomic E-state index is 7.32. The lowest BCUT2D eigenvalue weighted by Crippen LogP contribution is -1.85. The lowest BCUT2D eigenvalue weighted by molar-refractivity contribution is 0.321. The predicted molar refractivity (Wildman–Crippen MR) is 70.1 cm³/mol. The van der Waals surface area contributed by atoms with Crippen LogP contribution in [-0.4, -0.2) is 11.5 Å². The van der Waals surface area contributed by atoms with Gasteiger partial charge in [-0.05, 0) is 47.9 Å². The third-order valence-corrected chi connectivity index (χ3v) is 3.37. The lowest BCUT2D eigenvalue weighted by atomic mass is 10.0. The van der Waals surface area contributed by atoms with Crippen molar-refractivity contribution in [2.75, 3.05) is 0 Å². The van der Waals surface area contributed by atoms with E-state index in [9.17, 15) is 0 Å². The van der Waals surface area contributed by atoms with Crippen LogP contribution in [0.3, 0.4) is 0 Å². The molecular formula is C13H15ClN2O. The summed E-state index contributed by atoms with van der Waals surface area (Å²) < 4.78 is 0. The first-order valence-electron chi connectivity index (χ1n) is 5.59. The average Bonchev–Trinajstić information content (AvgIpc) is 2.96. The Morgan fingerprint density at radius 1 is 1.47 bits per heavy atom. The highest BCUT2D eigenvalue weighted by atomic mass is 35.5. The zero-order valence-corrected chi connectivity index (χ0v) is 10.1. The molecule has 3 nitrogen and oxygen atoms in total. The molecule has 0 aliphatic heterocycles. The minimum Gasteiger partial charge on any atom is -0.410 e. The smallest absolute Gasteiger partial charge is 0.125 e. The van der Waals surface area contributed by atoms with Crippen LogP contribution in [0, 0.1) is 11.8 Å². The first-order chi connectivity index (χ1) is 8.24. The molecule has 3 rings (SSSR count). The van der Waals surface area contributed by atoms with Gasteiger partial charge in [-0.3, -0.25) is 0 Å². The molecule has 0 bridgehead atoms. The van der Waals surface area contributed by atoms with Crippen LogP contribution in [0.25, 0.3) is 5.57 Å². The Hall–Kier alpha value is -1.48. The van der Waals surface area contributed by atoms with Gasteiger partial charge < -0.3 is 10.9 Å². The molecule has 4 heteroatoms. The fraction of sp³-hybridized carbons (Fsp3) is 0.308. The molecule has 90 valence electrons. The number of hydrogen-bond acceptors (Lipinski definition) is 2. The molecule has 0 aromatic heterocycles. The van der Waals surface area contributed by atoms with Crippen LogP contribution in [0.4, 0.5) is 0 Å². The summed E-state index contributed by atoms with van der Waals surface area (Å²) in [5.41, 5.74) is 7.31. The summed E-state index contributed by atoms with van der Waals surface area (Å²) >= 11 is 5.94. The van der Waals surface area contributed by atoms with Crippen molar-refractivity contribution in [3.63, 3.8) is 0 Å². The van der Waals surface area contributed by atoms with E-state index in [1.807, 2.05) is 12.1 Å². The summed E-state index contributed by atoms with van der Waals surface area (Å²) in [5.74, 6) is 1.86. The minimum atomic E-state index is 0.806. The Labute approximate surface area is 106 Å². The Morgan fingerprint density at radius 3 is 2.76 bits per heavy atom. The molecule has 2 atom stereocenters. The van der Waals surface area contributed by atoms with Crippen LogP contribution in [0.2, 0.25) is 5.02 Å². The van der Waals surface area contributed by atoms with E-state index in [2.05, 4.69) is 29.1 Å². The monoisotopic (exact) mass is 250 g/mol. The Balaban J connectivity index is 0.000000239. The fourth-order valence-corrected chi connectivity index (χ4v) is 2.41. The van der Waals surface area contributed by atoms with Gasteiger partial charge in [0.25, 0.3) is 0 Å². The molecule has 0 heterocycles. The van der Waals surface area contributed by atoms with Gasteiger partial charge in [0.15, 0.2) is 0 Å². The average molecular weight is 251 g/mol. The molecule has 0 saturated heterocycles. The molecule has 1 aromatic rings. The van der Waals surface area contributed by atoms with E-state index in [4.69, 9.17) is 16.8 Å². The van der Waals surface area contributed by atoms with Crippen LogP contribution in [-0.2, 0) is 0 Å². The number of hydrogen-bond donors (Lipinski definition) is 2. The minimum absolute atomic E-state index is 0.806. The zero-order valence-electron chi connectivity index (χ0n) is 9.38. The molecular weight excluding hydrogens is 236 g/mol. The van der Waals surface area contributed by atoms with Crippen LogP contribution < -0.4 is 5.73 Å². The molecule has 0 amide bonds. The first-order valence-corrected chi connectivity index (χ1v) is 5.96. The molecule has 3 N–H and O–H groups in total. The predicted octanol–water partition coefficient (Wildman–Crippen LogP) is 3.13. The van der Waals surface area contributed by atoms with Crippen molar-refractivity contribution < 1.29 is 5.21 Å². The summed E-state index contributed by atoms with van der Waals surface area (Å²) in [6.07, 6.45) is 5.92. The van der Waals surface area contributed by atoms with Crippen LogP contribution in [0.5, 0.6) is 0 Å². The van der Waals surface area contributed by atoms with Gasteiger partial charge in [-0.25, -0.2) is 0 Å². The number of oxime groups is 1. The van der Waals surface area contributed by atoms with Gasteiger partial charge in [0.05, 0.1) is 0 Å². The van der Waals surface area contributed by atoms with Gasteiger partial charge in [-0.15, -0.1) is 0 Å². The summed E-state index contributed by atoms with van der Waals surface area (Å²) in [4.78, 5) is 0. The van der Waals surface area contributed by atoms with E-state index in [0.29, 0.717) is 0 Å². The van der Waals surface area contributed by atoms with Gasteiger partial charge in [0.1, 0.15) is 6.34 Å². The molecule has 17 heavy (non-hydrogen) atoms. The molecule has 2 aliphatic carbocycles. The van der Waals surface area contributed by atoms with Crippen molar-refractivity contribution in [1.29, 1.82) is 0 Å². The first kappa shape index (κ1) is 12.0. The molecule has 2 unspecified atom stereocenters. The number of fused-ring (bicyclic) bond motifs is 1. The Kier molecular flexibility index (Phi) is 3.69. The SMILES string of the molecule is Clc1cccc(C2=CC3CC3C2)c1.N/C=N\O. The van der Waals surface area contributed by atoms with Crippen LogP contribution in [0.1, 0.15) is 18.4 Å². The van der Waals surface area contributed by atoms with E-state index in [1.54, 1.807) is 0 Å². The largest absolute Gasteiger partial charge is 0.410 e. The summed E-state index contributed by atoms with van der Waals surface area (Å²) in [5, 5.41) is 10.6.